The fourth-order valence-electron chi connectivity index (χ4n) is 3.66. The molecule has 4 aromatic rings. The van der Waals surface area contributed by atoms with Gasteiger partial charge in [0.25, 0.3) is 11.2 Å². The van der Waals surface area contributed by atoms with Crippen LogP contribution in [0, 0.1) is 10.1 Å². The van der Waals surface area contributed by atoms with Gasteiger partial charge in [0.2, 0.25) is 0 Å². The summed E-state index contributed by atoms with van der Waals surface area (Å²) in [6.45, 7) is 0. The monoisotopic (exact) mass is 420 g/mol. The standard InChI is InChI=1S/C21H16N4O4S/c26-21-19-16-3-1-2-4-18(16)30-20(19)22-12-24(21)23-11-15-9-10-17(29-15)13-5-7-14(8-6-13)25(27)28/h5-12H,1-4H2/b23-11-. The number of fused-ring (bicyclic) bond motifs is 3. The first-order valence-corrected chi connectivity index (χ1v) is 10.3. The van der Waals surface area contributed by atoms with E-state index in [0.29, 0.717) is 22.5 Å². The highest BCUT2D eigenvalue weighted by molar-refractivity contribution is 7.18. The van der Waals surface area contributed by atoms with Gasteiger partial charge in [-0.1, -0.05) is 0 Å². The Bertz CT molecular complexity index is 1350. The van der Waals surface area contributed by atoms with Gasteiger partial charge in [-0.05, 0) is 55.5 Å². The van der Waals surface area contributed by atoms with Gasteiger partial charge in [0.1, 0.15) is 22.7 Å². The minimum atomic E-state index is -0.447. The lowest BCUT2D eigenvalue weighted by Crippen LogP contribution is -2.17. The molecule has 8 nitrogen and oxygen atoms in total. The van der Waals surface area contributed by atoms with Crippen LogP contribution in [0.4, 0.5) is 5.69 Å². The average molecular weight is 420 g/mol. The zero-order valence-corrected chi connectivity index (χ0v) is 16.6. The number of rotatable bonds is 4. The topological polar surface area (TPSA) is 104 Å². The van der Waals surface area contributed by atoms with Crippen LogP contribution in [-0.2, 0) is 12.8 Å². The first kappa shape index (κ1) is 18.4. The Morgan fingerprint density at radius 1 is 1.17 bits per heavy atom. The Labute approximate surface area is 174 Å². The van der Waals surface area contributed by atoms with Crippen molar-refractivity contribution in [3.05, 3.63) is 79.4 Å². The first-order valence-electron chi connectivity index (χ1n) is 9.51. The van der Waals surface area contributed by atoms with Crippen molar-refractivity contribution in [1.29, 1.82) is 0 Å². The fourth-order valence-corrected chi connectivity index (χ4v) is 4.88. The van der Waals surface area contributed by atoms with E-state index in [1.165, 1.54) is 34.2 Å². The molecule has 3 aromatic heterocycles. The van der Waals surface area contributed by atoms with E-state index in [1.807, 2.05) is 0 Å². The van der Waals surface area contributed by atoms with E-state index in [-0.39, 0.29) is 11.2 Å². The number of nitro groups is 1. The number of aryl methyl sites for hydroxylation is 2. The van der Waals surface area contributed by atoms with E-state index < -0.39 is 4.92 Å². The number of non-ortho nitro benzene ring substituents is 1. The summed E-state index contributed by atoms with van der Waals surface area (Å²) in [5.74, 6) is 1.02. The number of furan rings is 1. The van der Waals surface area contributed by atoms with Crippen molar-refractivity contribution in [2.24, 2.45) is 5.10 Å². The van der Waals surface area contributed by atoms with Crippen LogP contribution in [0.3, 0.4) is 0 Å². The molecule has 0 atom stereocenters. The van der Waals surface area contributed by atoms with Crippen LogP contribution in [0.25, 0.3) is 21.5 Å². The van der Waals surface area contributed by atoms with E-state index in [1.54, 1.807) is 35.6 Å². The van der Waals surface area contributed by atoms with Crippen molar-refractivity contribution in [1.82, 2.24) is 9.66 Å². The summed E-state index contributed by atoms with van der Waals surface area (Å²) in [5.41, 5.74) is 1.69. The Kier molecular flexibility index (Phi) is 4.51. The number of hydrogen-bond acceptors (Lipinski definition) is 7. The lowest BCUT2D eigenvalue weighted by atomic mass is 9.97. The average Bonchev–Trinajstić information content (AvgIpc) is 3.38. The molecular formula is C21H16N4O4S. The van der Waals surface area contributed by atoms with Crippen molar-refractivity contribution >= 4 is 33.5 Å². The lowest BCUT2D eigenvalue weighted by molar-refractivity contribution is -0.384. The molecule has 0 fully saturated rings. The second kappa shape index (κ2) is 7.34. The quantitative estimate of drug-likeness (QED) is 0.277. The molecule has 0 saturated heterocycles. The third kappa shape index (κ3) is 3.22. The molecule has 0 bridgehead atoms. The van der Waals surface area contributed by atoms with E-state index in [4.69, 9.17) is 4.42 Å². The molecule has 1 aliphatic carbocycles. The summed E-state index contributed by atoms with van der Waals surface area (Å²) in [6.07, 6.45) is 7.07. The predicted octanol–water partition coefficient (Wildman–Crippen LogP) is 4.39. The van der Waals surface area contributed by atoms with E-state index >= 15 is 0 Å². The smallest absolute Gasteiger partial charge is 0.282 e. The molecule has 0 N–H and O–H groups in total. The third-order valence-corrected chi connectivity index (χ3v) is 6.36. The molecule has 0 unspecified atom stereocenters. The fraction of sp³-hybridized carbons (Fsp3) is 0.190. The normalized spacial score (nSPS) is 13.7. The van der Waals surface area contributed by atoms with E-state index in [9.17, 15) is 14.9 Å². The zero-order valence-electron chi connectivity index (χ0n) is 15.8. The molecule has 0 spiro atoms. The molecule has 0 amide bonds. The van der Waals surface area contributed by atoms with Gasteiger partial charge in [0.15, 0.2) is 0 Å². The number of nitro benzene ring substituents is 1. The Hall–Kier alpha value is -3.59. The molecule has 1 aliphatic rings. The number of benzene rings is 1. The van der Waals surface area contributed by atoms with Crippen LogP contribution in [0.2, 0.25) is 0 Å². The summed E-state index contributed by atoms with van der Waals surface area (Å²) in [5, 5.41) is 15.7. The predicted molar refractivity (Wildman–Crippen MR) is 114 cm³/mol. The lowest BCUT2D eigenvalue weighted by Gasteiger charge is -2.09. The molecule has 5 rings (SSSR count). The van der Waals surface area contributed by atoms with Crippen molar-refractivity contribution < 1.29 is 9.34 Å². The Morgan fingerprint density at radius 2 is 1.97 bits per heavy atom. The van der Waals surface area contributed by atoms with Crippen LogP contribution in [0.5, 0.6) is 0 Å². The van der Waals surface area contributed by atoms with Gasteiger partial charge in [-0.2, -0.15) is 9.78 Å². The number of hydrogen-bond donors (Lipinski definition) is 0. The molecule has 0 radical (unpaired) electrons. The van der Waals surface area contributed by atoms with Gasteiger partial charge in [0, 0.05) is 22.6 Å². The summed E-state index contributed by atoms with van der Waals surface area (Å²) < 4.78 is 6.98. The molecule has 3 heterocycles. The van der Waals surface area contributed by atoms with Crippen LogP contribution in [0.1, 0.15) is 29.0 Å². The summed E-state index contributed by atoms with van der Waals surface area (Å²) in [6, 6.07) is 9.58. The minimum Gasteiger partial charge on any atom is -0.455 e. The SMILES string of the molecule is O=c1c2c3c(sc2ncn1/N=C\c1ccc(-c2ccc([N+](=O)[O-])cc2)o1)CCCC3. The highest BCUT2D eigenvalue weighted by Gasteiger charge is 2.19. The molecule has 9 heteroatoms. The Balaban J connectivity index is 1.43. The highest BCUT2D eigenvalue weighted by Crippen LogP contribution is 2.33. The Morgan fingerprint density at radius 3 is 2.77 bits per heavy atom. The number of thiophene rings is 1. The highest BCUT2D eigenvalue weighted by atomic mass is 32.1. The number of nitrogens with zero attached hydrogens (tertiary/aromatic N) is 4. The zero-order chi connectivity index (χ0) is 20.7. The van der Waals surface area contributed by atoms with Gasteiger partial charge in [-0.3, -0.25) is 14.9 Å². The van der Waals surface area contributed by atoms with Crippen molar-refractivity contribution in [2.45, 2.75) is 25.7 Å². The third-order valence-electron chi connectivity index (χ3n) is 5.16. The molecule has 150 valence electrons. The minimum absolute atomic E-state index is 0.0185. The molecular weight excluding hydrogens is 404 g/mol. The van der Waals surface area contributed by atoms with Crippen molar-refractivity contribution in [3.63, 3.8) is 0 Å². The summed E-state index contributed by atoms with van der Waals surface area (Å²) >= 11 is 1.60. The van der Waals surface area contributed by atoms with Crippen molar-refractivity contribution in [3.8, 4) is 11.3 Å². The largest absolute Gasteiger partial charge is 0.455 e. The number of aromatic nitrogens is 2. The van der Waals surface area contributed by atoms with Gasteiger partial charge in [-0.25, -0.2) is 4.98 Å². The second-order valence-corrected chi connectivity index (χ2v) is 8.12. The van der Waals surface area contributed by atoms with Crippen LogP contribution >= 0.6 is 11.3 Å². The molecule has 30 heavy (non-hydrogen) atoms. The molecule has 1 aromatic carbocycles. The molecule has 0 saturated carbocycles. The van der Waals surface area contributed by atoms with Crippen LogP contribution in [-0.4, -0.2) is 20.8 Å². The van der Waals surface area contributed by atoms with E-state index in [2.05, 4.69) is 10.1 Å². The maximum Gasteiger partial charge on any atom is 0.282 e. The van der Waals surface area contributed by atoms with Gasteiger partial charge in [0.05, 0.1) is 16.5 Å². The maximum absolute atomic E-state index is 12.9. The van der Waals surface area contributed by atoms with E-state index in [0.717, 1.165) is 36.1 Å². The first-order chi connectivity index (χ1) is 14.6. The van der Waals surface area contributed by atoms with Crippen LogP contribution in [0.15, 0.2) is 57.0 Å². The molecule has 0 aliphatic heterocycles. The summed E-state index contributed by atoms with van der Waals surface area (Å²) in [4.78, 5) is 29.7. The van der Waals surface area contributed by atoms with Gasteiger partial charge in [-0.15, -0.1) is 11.3 Å². The van der Waals surface area contributed by atoms with Crippen molar-refractivity contribution in [2.75, 3.05) is 0 Å². The maximum atomic E-state index is 12.9. The van der Waals surface area contributed by atoms with Gasteiger partial charge < -0.3 is 4.42 Å². The second-order valence-electron chi connectivity index (χ2n) is 7.04. The summed E-state index contributed by atoms with van der Waals surface area (Å²) in [7, 11) is 0. The van der Waals surface area contributed by atoms with Crippen LogP contribution < -0.4 is 5.56 Å². The van der Waals surface area contributed by atoms with Gasteiger partial charge >= 0.3 is 0 Å².